The number of aromatic amines is 1. The number of carbonyl (C=O) groups is 1. The molecule has 0 saturated carbocycles. The molecule has 0 atom stereocenters. The standard InChI is InChI=1S/C17H22ClN3O2/c1-16(2,3)23-15(22)21-17(4,5)14-19-10-13(20-14)11-6-8-12(18)9-7-11/h6-10H,1-5H3,(H,19,20)(H,21,22). The number of aromatic nitrogens is 2. The summed E-state index contributed by atoms with van der Waals surface area (Å²) >= 11 is 5.90. The molecule has 2 N–H and O–H groups in total. The van der Waals surface area contributed by atoms with E-state index < -0.39 is 17.2 Å². The van der Waals surface area contributed by atoms with Crippen LogP contribution in [0.5, 0.6) is 0 Å². The molecule has 0 saturated heterocycles. The van der Waals surface area contributed by atoms with Gasteiger partial charge in [0, 0.05) is 5.02 Å². The van der Waals surface area contributed by atoms with E-state index in [2.05, 4.69) is 15.3 Å². The van der Waals surface area contributed by atoms with E-state index in [9.17, 15) is 4.79 Å². The van der Waals surface area contributed by atoms with Gasteiger partial charge in [0.05, 0.1) is 17.4 Å². The number of H-pyrrole nitrogens is 1. The van der Waals surface area contributed by atoms with Crippen LogP contribution in [0.25, 0.3) is 11.3 Å². The van der Waals surface area contributed by atoms with Crippen LogP contribution in [0.1, 0.15) is 40.4 Å². The average Bonchev–Trinajstić information content (AvgIpc) is 2.86. The van der Waals surface area contributed by atoms with Gasteiger partial charge in [-0.2, -0.15) is 0 Å². The maximum atomic E-state index is 12.0. The minimum absolute atomic E-state index is 0.480. The maximum Gasteiger partial charge on any atom is 0.408 e. The highest BCUT2D eigenvalue weighted by Gasteiger charge is 2.28. The first-order valence-corrected chi connectivity index (χ1v) is 7.77. The summed E-state index contributed by atoms with van der Waals surface area (Å²) in [6.07, 6.45) is 1.25. The molecule has 2 aromatic rings. The number of amides is 1. The van der Waals surface area contributed by atoms with Crippen LogP contribution in [0.4, 0.5) is 4.79 Å². The van der Waals surface area contributed by atoms with Gasteiger partial charge in [-0.15, -0.1) is 0 Å². The third kappa shape index (κ3) is 4.73. The Morgan fingerprint density at radius 3 is 2.35 bits per heavy atom. The number of rotatable bonds is 3. The van der Waals surface area contributed by atoms with Crippen LogP contribution < -0.4 is 5.32 Å². The van der Waals surface area contributed by atoms with Gasteiger partial charge in [-0.05, 0) is 52.3 Å². The molecule has 5 nitrogen and oxygen atoms in total. The first-order valence-electron chi connectivity index (χ1n) is 7.39. The Hall–Kier alpha value is -2.01. The number of nitrogens with one attached hydrogen (secondary N) is 2. The Bertz CT molecular complexity index is 685. The van der Waals surface area contributed by atoms with Gasteiger partial charge in [0.1, 0.15) is 11.4 Å². The smallest absolute Gasteiger partial charge is 0.408 e. The Kier molecular flexibility index (Phi) is 4.71. The minimum Gasteiger partial charge on any atom is -0.444 e. The van der Waals surface area contributed by atoms with Gasteiger partial charge in [-0.25, -0.2) is 9.78 Å². The summed E-state index contributed by atoms with van der Waals surface area (Å²) in [5.41, 5.74) is 0.599. The van der Waals surface area contributed by atoms with Crippen molar-refractivity contribution in [3.63, 3.8) is 0 Å². The van der Waals surface area contributed by atoms with Crippen molar-refractivity contribution in [1.29, 1.82) is 0 Å². The number of nitrogens with zero attached hydrogens (tertiary/aromatic N) is 1. The molecule has 1 amide bonds. The van der Waals surface area contributed by atoms with E-state index in [4.69, 9.17) is 16.3 Å². The molecule has 23 heavy (non-hydrogen) atoms. The SMILES string of the molecule is CC(C)(C)OC(=O)NC(C)(C)c1ncc(-c2ccc(Cl)cc2)[nH]1. The summed E-state index contributed by atoms with van der Waals surface area (Å²) in [5, 5.41) is 3.51. The molecule has 2 rings (SSSR count). The van der Waals surface area contributed by atoms with E-state index in [1.54, 1.807) is 6.20 Å². The van der Waals surface area contributed by atoms with Gasteiger partial charge < -0.3 is 15.0 Å². The van der Waals surface area contributed by atoms with E-state index in [0.717, 1.165) is 11.3 Å². The second-order valence-electron chi connectivity index (χ2n) is 6.90. The van der Waals surface area contributed by atoms with Crippen molar-refractivity contribution in [1.82, 2.24) is 15.3 Å². The highest BCUT2D eigenvalue weighted by molar-refractivity contribution is 6.30. The second kappa shape index (κ2) is 6.24. The Morgan fingerprint density at radius 2 is 1.78 bits per heavy atom. The summed E-state index contributed by atoms with van der Waals surface area (Å²) in [6.45, 7) is 9.20. The van der Waals surface area contributed by atoms with Gasteiger partial charge >= 0.3 is 6.09 Å². The number of hydrogen-bond donors (Lipinski definition) is 2. The largest absolute Gasteiger partial charge is 0.444 e. The van der Waals surface area contributed by atoms with E-state index in [-0.39, 0.29) is 0 Å². The zero-order valence-electron chi connectivity index (χ0n) is 14.0. The lowest BCUT2D eigenvalue weighted by atomic mass is 10.1. The fourth-order valence-corrected chi connectivity index (χ4v) is 2.16. The normalized spacial score (nSPS) is 12.1. The number of imidazole rings is 1. The third-order valence-corrected chi connectivity index (χ3v) is 3.39. The van der Waals surface area contributed by atoms with Gasteiger partial charge in [0.15, 0.2) is 0 Å². The van der Waals surface area contributed by atoms with Crippen molar-refractivity contribution >= 4 is 17.7 Å². The van der Waals surface area contributed by atoms with Gasteiger partial charge in [0.25, 0.3) is 0 Å². The summed E-state index contributed by atoms with van der Waals surface area (Å²) in [7, 11) is 0. The number of benzene rings is 1. The summed E-state index contributed by atoms with van der Waals surface area (Å²) in [5.74, 6) is 0.647. The molecular weight excluding hydrogens is 314 g/mol. The number of halogens is 1. The molecule has 1 aromatic carbocycles. The highest BCUT2D eigenvalue weighted by atomic mass is 35.5. The van der Waals surface area contributed by atoms with Crippen molar-refractivity contribution < 1.29 is 9.53 Å². The summed E-state index contributed by atoms with van der Waals surface area (Å²) < 4.78 is 5.29. The molecule has 0 aliphatic heterocycles. The predicted octanol–water partition coefficient (Wildman–Crippen LogP) is 4.49. The first kappa shape index (κ1) is 17.3. The molecule has 6 heteroatoms. The van der Waals surface area contributed by atoms with E-state index in [1.807, 2.05) is 58.9 Å². The molecule has 0 bridgehead atoms. The molecule has 0 aliphatic rings. The van der Waals surface area contributed by atoms with Crippen molar-refractivity contribution in [3.8, 4) is 11.3 Å². The topological polar surface area (TPSA) is 67.0 Å². The molecule has 0 fully saturated rings. The molecule has 0 spiro atoms. The fraction of sp³-hybridized carbons (Fsp3) is 0.412. The lowest BCUT2D eigenvalue weighted by Gasteiger charge is -2.27. The lowest BCUT2D eigenvalue weighted by molar-refractivity contribution is 0.0466. The summed E-state index contributed by atoms with van der Waals surface area (Å²) in [6, 6.07) is 7.46. The molecule has 0 radical (unpaired) electrons. The van der Waals surface area contributed by atoms with E-state index in [0.29, 0.717) is 10.8 Å². The van der Waals surface area contributed by atoms with Crippen LogP contribution in [-0.2, 0) is 10.3 Å². The molecular formula is C17H22ClN3O2. The van der Waals surface area contributed by atoms with Crippen LogP contribution in [0, 0.1) is 0 Å². The van der Waals surface area contributed by atoms with Crippen molar-refractivity contribution in [2.45, 2.75) is 45.8 Å². The molecule has 0 aliphatic carbocycles. The highest BCUT2D eigenvalue weighted by Crippen LogP contribution is 2.24. The fourth-order valence-electron chi connectivity index (χ4n) is 2.03. The van der Waals surface area contributed by atoms with Crippen LogP contribution >= 0.6 is 11.6 Å². The zero-order valence-corrected chi connectivity index (χ0v) is 14.8. The average molecular weight is 336 g/mol. The number of carbonyl (C=O) groups excluding carboxylic acids is 1. The van der Waals surface area contributed by atoms with E-state index >= 15 is 0 Å². The second-order valence-corrected chi connectivity index (χ2v) is 7.34. The van der Waals surface area contributed by atoms with Crippen LogP contribution in [0.15, 0.2) is 30.5 Å². The monoisotopic (exact) mass is 335 g/mol. The Labute approximate surface area is 141 Å². The Morgan fingerprint density at radius 1 is 1.17 bits per heavy atom. The predicted molar refractivity (Wildman–Crippen MR) is 91.4 cm³/mol. The number of alkyl carbamates (subject to hydrolysis) is 1. The van der Waals surface area contributed by atoms with Gasteiger partial charge in [0.2, 0.25) is 0 Å². The van der Waals surface area contributed by atoms with E-state index in [1.165, 1.54) is 0 Å². The molecule has 0 unspecified atom stereocenters. The van der Waals surface area contributed by atoms with Gasteiger partial charge in [-0.3, -0.25) is 0 Å². The van der Waals surface area contributed by atoms with Crippen LogP contribution in [0.2, 0.25) is 5.02 Å². The maximum absolute atomic E-state index is 12.0. The van der Waals surface area contributed by atoms with Gasteiger partial charge in [-0.1, -0.05) is 23.7 Å². The van der Waals surface area contributed by atoms with Crippen molar-refractivity contribution in [3.05, 3.63) is 41.3 Å². The zero-order chi connectivity index (χ0) is 17.3. The minimum atomic E-state index is -0.687. The number of hydrogen-bond acceptors (Lipinski definition) is 3. The molecule has 1 heterocycles. The third-order valence-electron chi connectivity index (χ3n) is 3.14. The van der Waals surface area contributed by atoms with Crippen molar-refractivity contribution in [2.75, 3.05) is 0 Å². The Balaban J connectivity index is 2.14. The van der Waals surface area contributed by atoms with Crippen LogP contribution in [-0.4, -0.2) is 21.7 Å². The first-order chi connectivity index (χ1) is 10.6. The van der Waals surface area contributed by atoms with Crippen LogP contribution in [0.3, 0.4) is 0 Å². The summed E-state index contributed by atoms with van der Waals surface area (Å²) in [4.78, 5) is 19.6. The number of ether oxygens (including phenoxy) is 1. The molecule has 1 aromatic heterocycles. The quantitative estimate of drug-likeness (QED) is 0.868. The molecule has 124 valence electrons. The lowest BCUT2D eigenvalue weighted by Crippen LogP contribution is -2.44. The van der Waals surface area contributed by atoms with Crippen molar-refractivity contribution in [2.24, 2.45) is 0 Å².